The van der Waals surface area contributed by atoms with E-state index in [1.807, 2.05) is 0 Å². The number of aromatic carboxylic acids is 1. The second kappa shape index (κ2) is 7.85. The number of hydrogen-bond donors (Lipinski definition) is 4. The van der Waals surface area contributed by atoms with Gasteiger partial charge in [-0.1, -0.05) is 12.1 Å². The number of primary amides is 1. The van der Waals surface area contributed by atoms with Crippen LogP contribution in [0.5, 0.6) is 0 Å². The maximum atomic E-state index is 14.7. The van der Waals surface area contributed by atoms with Gasteiger partial charge in [-0.2, -0.15) is 0 Å². The summed E-state index contributed by atoms with van der Waals surface area (Å²) in [5.41, 5.74) is 3.75. The van der Waals surface area contributed by atoms with Crippen molar-refractivity contribution < 1.29 is 28.6 Å². The van der Waals surface area contributed by atoms with Crippen molar-refractivity contribution in [3.05, 3.63) is 70.8 Å². The Kier molecular flexibility index (Phi) is 5.60. The first-order valence-electron chi connectivity index (χ1n) is 8.74. The number of aliphatic hydroxyl groups is 1. The van der Waals surface area contributed by atoms with Gasteiger partial charge in [0.25, 0.3) is 5.91 Å². The summed E-state index contributed by atoms with van der Waals surface area (Å²) >= 11 is 0.850. The molecule has 1 heterocycles. The summed E-state index contributed by atoms with van der Waals surface area (Å²) in [4.78, 5) is 23.4. The Morgan fingerprint density at radius 3 is 2.20 bits per heavy atom. The zero-order valence-corrected chi connectivity index (χ0v) is 16.8. The van der Waals surface area contributed by atoms with E-state index in [2.05, 4.69) is 5.32 Å². The highest BCUT2D eigenvalue weighted by atomic mass is 32.1. The van der Waals surface area contributed by atoms with Crippen molar-refractivity contribution in [2.45, 2.75) is 19.4 Å². The molecule has 0 unspecified atom stereocenters. The van der Waals surface area contributed by atoms with Crippen LogP contribution in [0.1, 0.15) is 40.1 Å². The Morgan fingerprint density at radius 2 is 1.67 bits per heavy atom. The van der Waals surface area contributed by atoms with Crippen molar-refractivity contribution in [2.75, 3.05) is 5.32 Å². The van der Waals surface area contributed by atoms with E-state index >= 15 is 0 Å². The molecule has 3 aromatic rings. The number of carbonyl (C=O) groups excluding carboxylic acids is 1. The number of amides is 1. The summed E-state index contributed by atoms with van der Waals surface area (Å²) in [6.45, 7) is 2.80. The lowest BCUT2D eigenvalue weighted by molar-refractivity contribution is 0.0697. The first-order valence-corrected chi connectivity index (χ1v) is 9.56. The van der Waals surface area contributed by atoms with Gasteiger partial charge in [-0.05, 0) is 49.7 Å². The van der Waals surface area contributed by atoms with Gasteiger partial charge in [-0.3, -0.25) is 4.79 Å². The molecule has 0 bridgehead atoms. The van der Waals surface area contributed by atoms with Gasteiger partial charge in [0.05, 0.1) is 28.0 Å². The number of anilines is 2. The summed E-state index contributed by atoms with van der Waals surface area (Å²) < 4.78 is 29.4. The van der Waals surface area contributed by atoms with E-state index in [9.17, 15) is 28.6 Å². The molecule has 0 saturated carbocycles. The van der Waals surface area contributed by atoms with Crippen LogP contribution < -0.4 is 11.1 Å². The molecular formula is C21H18F2N2O4S. The Balaban J connectivity index is 2.11. The molecule has 1 aromatic heterocycles. The fourth-order valence-corrected chi connectivity index (χ4v) is 3.98. The third-order valence-electron chi connectivity index (χ3n) is 4.40. The molecule has 3 rings (SSSR count). The van der Waals surface area contributed by atoms with Gasteiger partial charge in [0.2, 0.25) is 0 Å². The van der Waals surface area contributed by atoms with Crippen LogP contribution >= 0.6 is 11.3 Å². The number of nitrogens with two attached hydrogens (primary N) is 1. The first-order chi connectivity index (χ1) is 14.0. The topological polar surface area (TPSA) is 113 Å². The van der Waals surface area contributed by atoms with Crippen LogP contribution in [-0.2, 0) is 5.60 Å². The third-order valence-corrected chi connectivity index (χ3v) is 5.47. The number of carboxylic acids is 1. The van der Waals surface area contributed by atoms with Crippen molar-refractivity contribution in [1.29, 1.82) is 0 Å². The van der Waals surface area contributed by atoms with Crippen LogP contribution in [0.3, 0.4) is 0 Å². The monoisotopic (exact) mass is 432 g/mol. The van der Waals surface area contributed by atoms with E-state index in [-0.39, 0.29) is 37.8 Å². The number of carboxylic acid groups (broad SMARTS) is 1. The smallest absolute Gasteiger partial charge is 0.337 e. The summed E-state index contributed by atoms with van der Waals surface area (Å²) in [6.07, 6.45) is 0. The average Bonchev–Trinajstić information content (AvgIpc) is 3.04. The number of carbonyl (C=O) groups is 2. The van der Waals surface area contributed by atoms with Crippen molar-refractivity contribution in [1.82, 2.24) is 0 Å². The lowest BCUT2D eigenvalue weighted by atomic mass is 9.96. The molecule has 0 atom stereocenters. The van der Waals surface area contributed by atoms with Crippen LogP contribution in [-0.4, -0.2) is 22.1 Å². The zero-order valence-electron chi connectivity index (χ0n) is 16.0. The van der Waals surface area contributed by atoms with Crippen LogP contribution in [0.4, 0.5) is 19.5 Å². The summed E-state index contributed by atoms with van der Waals surface area (Å²) in [5.74, 6) is -3.86. The van der Waals surface area contributed by atoms with Crippen molar-refractivity contribution in [2.24, 2.45) is 5.73 Å². The fourth-order valence-electron chi connectivity index (χ4n) is 2.85. The molecule has 9 heteroatoms. The lowest BCUT2D eigenvalue weighted by Crippen LogP contribution is -2.16. The second-order valence-corrected chi connectivity index (χ2v) is 8.12. The van der Waals surface area contributed by atoms with Gasteiger partial charge in [-0.15, -0.1) is 11.3 Å². The van der Waals surface area contributed by atoms with Crippen molar-refractivity contribution in [3.8, 4) is 10.4 Å². The minimum Gasteiger partial charge on any atom is -0.478 e. The van der Waals surface area contributed by atoms with Gasteiger partial charge in [0, 0.05) is 4.88 Å². The number of nitrogens with one attached hydrogen (secondary N) is 1. The largest absolute Gasteiger partial charge is 0.478 e. The molecule has 30 heavy (non-hydrogen) atoms. The minimum atomic E-state index is -1.44. The number of hydrogen-bond acceptors (Lipinski definition) is 5. The van der Waals surface area contributed by atoms with Crippen LogP contribution in [0.25, 0.3) is 10.4 Å². The summed E-state index contributed by atoms with van der Waals surface area (Å²) in [5, 5.41) is 22.3. The molecule has 2 aromatic carbocycles. The molecule has 156 valence electrons. The molecule has 5 N–H and O–H groups in total. The van der Waals surface area contributed by atoms with Crippen LogP contribution in [0.15, 0.2) is 42.5 Å². The normalized spacial score (nSPS) is 11.4. The number of rotatable bonds is 6. The van der Waals surface area contributed by atoms with Crippen LogP contribution in [0, 0.1) is 11.6 Å². The molecule has 0 saturated heterocycles. The Bertz CT molecular complexity index is 1130. The number of thiophene rings is 1. The van der Waals surface area contributed by atoms with E-state index in [4.69, 9.17) is 5.73 Å². The van der Waals surface area contributed by atoms with E-state index in [1.165, 1.54) is 32.0 Å². The van der Waals surface area contributed by atoms with Gasteiger partial charge in [0.1, 0.15) is 16.6 Å². The fraction of sp³-hybridized carbons (Fsp3) is 0.143. The molecule has 1 amide bonds. The number of benzene rings is 2. The lowest BCUT2D eigenvalue weighted by Gasteiger charge is -2.18. The quantitative estimate of drug-likeness (QED) is 0.459. The predicted octanol–water partition coefficient (Wildman–Crippen LogP) is 4.46. The number of halogens is 2. The standard InChI is InChI=1S/C21H18F2N2O4S/c1-21(2,29)10-7-13(22)17(14(23)8-10)16-9-12(18(24)26)19(30-16)25-15-6-4-3-5-11(15)20(27)28/h3-9,25,29H,1-2H3,(H2,24,26)(H,27,28). The van der Waals surface area contributed by atoms with Gasteiger partial charge in [-0.25, -0.2) is 13.6 Å². The molecule has 0 aliphatic carbocycles. The van der Waals surface area contributed by atoms with E-state index in [1.54, 1.807) is 12.1 Å². The van der Waals surface area contributed by atoms with E-state index in [0.29, 0.717) is 0 Å². The van der Waals surface area contributed by atoms with Crippen molar-refractivity contribution in [3.63, 3.8) is 0 Å². The van der Waals surface area contributed by atoms with Crippen LogP contribution in [0.2, 0.25) is 0 Å². The molecule has 0 aliphatic rings. The SMILES string of the molecule is CC(C)(O)c1cc(F)c(-c2cc(C(N)=O)c(Nc3ccccc3C(=O)O)s2)c(F)c1. The Morgan fingerprint density at radius 1 is 1.07 bits per heavy atom. The molecule has 6 nitrogen and oxygen atoms in total. The molecule has 0 radical (unpaired) electrons. The highest BCUT2D eigenvalue weighted by Crippen LogP contribution is 2.40. The first kappa shape index (κ1) is 21.4. The maximum Gasteiger partial charge on any atom is 0.337 e. The molecule has 0 aliphatic heterocycles. The molecular weight excluding hydrogens is 414 g/mol. The highest BCUT2D eigenvalue weighted by molar-refractivity contribution is 7.20. The van der Waals surface area contributed by atoms with Crippen molar-refractivity contribution >= 4 is 33.9 Å². The third kappa shape index (κ3) is 4.17. The summed E-state index contributed by atoms with van der Waals surface area (Å²) in [7, 11) is 0. The summed E-state index contributed by atoms with van der Waals surface area (Å²) in [6, 6.07) is 9.29. The highest BCUT2D eigenvalue weighted by Gasteiger charge is 2.24. The Hall–Kier alpha value is -3.30. The maximum absolute atomic E-state index is 14.7. The molecule has 0 fully saturated rings. The minimum absolute atomic E-state index is 0.0412. The van der Waals surface area contributed by atoms with Gasteiger partial charge < -0.3 is 21.3 Å². The Labute approximate surface area is 174 Å². The zero-order chi connectivity index (χ0) is 22.2. The van der Waals surface area contributed by atoms with E-state index < -0.39 is 29.1 Å². The second-order valence-electron chi connectivity index (χ2n) is 7.07. The number of para-hydroxylation sites is 1. The van der Waals surface area contributed by atoms with Gasteiger partial charge in [0.15, 0.2) is 0 Å². The van der Waals surface area contributed by atoms with Gasteiger partial charge >= 0.3 is 5.97 Å². The van der Waals surface area contributed by atoms with E-state index in [0.717, 1.165) is 23.5 Å². The predicted molar refractivity (Wildman–Crippen MR) is 110 cm³/mol. The molecule has 0 spiro atoms. The average molecular weight is 432 g/mol.